The molecule has 0 spiro atoms. The Balaban J connectivity index is 2.27. The number of hydrogen-bond donors (Lipinski definition) is 0. The summed E-state index contributed by atoms with van der Waals surface area (Å²) in [7, 11) is 0. The summed E-state index contributed by atoms with van der Waals surface area (Å²) < 4.78 is 0. The topological polar surface area (TPSA) is 20.3 Å². The fraction of sp³-hybridized carbons (Fsp3) is 0.727. The number of piperidine rings is 1. The van der Waals surface area contributed by atoms with Gasteiger partial charge in [-0.1, -0.05) is 12.5 Å². The molecule has 1 unspecified atom stereocenters. The molecule has 1 saturated heterocycles. The third-order valence-corrected chi connectivity index (χ3v) is 2.67. The largest absolute Gasteiger partial charge is 0.302 e. The Kier molecular flexibility index (Phi) is 4.76. The molecule has 0 N–H and O–H groups in total. The van der Waals surface area contributed by atoms with E-state index in [1.54, 1.807) is 0 Å². The van der Waals surface area contributed by atoms with Gasteiger partial charge in [-0.25, -0.2) is 0 Å². The van der Waals surface area contributed by atoms with Crippen LogP contribution >= 0.6 is 0 Å². The van der Waals surface area contributed by atoms with Gasteiger partial charge >= 0.3 is 0 Å². The maximum atomic E-state index is 10.7. The molecular formula is C11H19NO. The van der Waals surface area contributed by atoms with Crippen molar-refractivity contribution < 1.29 is 4.79 Å². The average Bonchev–Trinajstić information content (AvgIpc) is 2.19. The van der Waals surface area contributed by atoms with Gasteiger partial charge in [-0.3, -0.25) is 4.90 Å². The van der Waals surface area contributed by atoms with E-state index in [4.69, 9.17) is 0 Å². The lowest BCUT2D eigenvalue weighted by Crippen LogP contribution is -2.40. The second-order valence-electron chi connectivity index (χ2n) is 3.67. The van der Waals surface area contributed by atoms with Crippen molar-refractivity contribution in [2.45, 2.75) is 38.1 Å². The van der Waals surface area contributed by atoms with Crippen LogP contribution in [0.5, 0.6) is 0 Å². The number of hydrogen-bond acceptors (Lipinski definition) is 2. The van der Waals surface area contributed by atoms with Crippen molar-refractivity contribution >= 4 is 6.29 Å². The van der Waals surface area contributed by atoms with E-state index >= 15 is 0 Å². The molecule has 0 saturated carbocycles. The van der Waals surface area contributed by atoms with E-state index in [0.29, 0.717) is 0 Å². The number of carbonyl (C=O) groups excluding carboxylic acids is 1. The molecule has 2 nitrogen and oxygen atoms in total. The molecule has 0 amide bonds. The maximum Gasteiger partial charge on any atom is 0.137 e. The molecule has 1 aliphatic heterocycles. The van der Waals surface area contributed by atoms with Crippen molar-refractivity contribution in [1.29, 1.82) is 0 Å². The highest BCUT2D eigenvalue weighted by Gasteiger charge is 2.20. The predicted molar refractivity (Wildman–Crippen MR) is 54.7 cm³/mol. The monoisotopic (exact) mass is 181 g/mol. The van der Waals surface area contributed by atoms with Crippen LogP contribution in [-0.4, -0.2) is 30.3 Å². The van der Waals surface area contributed by atoms with Gasteiger partial charge in [0, 0.05) is 0 Å². The summed E-state index contributed by atoms with van der Waals surface area (Å²) in [5.74, 6) is 0. The fourth-order valence-electron chi connectivity index (χ4n) is 1.89. The molecule has 2 heteroatoms. The number of rotatable bonds is 5. The zero-order valence-electron chi connectivity index (χ0n) is 8.24. The van der Waals surface area contributed by atoms with Crippen LogP contribution in [0.4, 0.5) is 0 Å². The van der Waals surface area contributed by atoms with Crippen molar-refractivity contribution in [2.75, 3.05) is 13.1 Å². The van der Waals surface area contributed by atoms with E-state index in [1.165, 1.54) is 12.8 Å². The fourth-order valence-corrected chi connectivity index (χ4v) is 1.89. The summed E-state index contributed by atoms with van der Waals surface area (Å²) >= 11 is 0. The molecule has 1 aliphatic rings. The van der Waals surface area contributed by atoms with Crippen LogP contribution in [0.3, 0.4) is 0 Å². The zero-order valence-corrected chi connectivity index (χ0v) is 8.24. The second kappa shape index (κ2) is 5.92. The quantitative estimate of drug-likeness (QED) is 0.367. The zero-order chi connectivity index (χ0) is 9.52. The number of aldehydes is 1. The molecule has 1 rings (SSSR count). The Morgan fingerprint density at radius 1 is 1.46 bits per heavy atom. The highest BCUT2D eigenvalue weighted by atomic mass is 16.1. The van der Waals surface area contributed by atoms with Crippen LogP contribution in [0, 0.1) is 0 Å². The Morgan fingerprint density at radius 2 is 2.31 bits per heavy atom. The molecule has 0 aromatic heterocycles. The van der Waals surface area contributed by atoms with Gasteiger partial charge in [0.05, 0.1) is 6.04 Å². The molecule has 0 bridgehead atoms. The lowest BCUT2D eigenvalue weighted by atomic mass is 10.0. The van der Waals surface area contributed by atoms with E-state index in [0.717, 1.165) is 38.6 Å². The Labute approximate surface area is 80.6 Å². The lowest BCUT2D eigenvalue weighted by molar-refractivity contribution is -0.113. The summed E-state index contributed by atoms with van der Waals surface area (Å²) in [6, 6.07) is 0.193. The van der Waals surface area contributed by atoms with Gasteiger partial charge in [0.15, 0.2) is 0 Å². The van der Waals surface area contributed by atoms with Crippen LogP contribution in [0.15, 0.2) is 12.7 Å². The minimum Gasteiger partial charge on any atom is -0.302 e. The third kappa shape index (κ3) is 3.31. The van der Waals surface area contributed by atoms with Crippen molar-refractivity contribution in [3.63, 3.8) is 0 Å². The summed E-state index contributed by atoms with van der Waals surface area (Å²) in [4.78, 5) is 13.0. The van der Waals surface area contributed by atoms with Crippen LogP contribution in [0.1, 0.15) is 32.1 Å². The lowest BCUT2D eigenvalue weighted by Gasteiger charge is -2.31. The van der Waals surface area contributed by atoms with Crippen LogP contribution in [-0.2, 0) is 4.79 Å². The predicted octanol–water partition coefficient (Wildman–Crippen LogP) is 2.01. The Morgan fingerprint density at radius 3 is 3.00 bits per heavy atom. The molecule has 1 atom stereocenters. The van der Waals surface area contributed by atoms with Crippen LogP contribution < -0.4 is 0 Å². The summed E-state index contributed by atoms with van der Waals surface area (Å²) in [6.07, 6.45) is 8.75. The maximum absolute atomic E-state index is 10.7. The summed E-state index contributed by atoms with van der Waals surface area (Å²) in [6.45, 7) is 5.84. The van der Waals surface area contributed by atoms with Gasteiger partial charge in [-0.15, -0.1) is 6.58 Å². The van der Waals surface area contributed by atoms with E-state index < -0.39 is 0 Å². The highest BCUT2D eigenvalue weighted by Crippen LogP contribution is 2.15. The normalized spacial score (nSPS) is 24.2. The van der Waals surface area contributed by atoms with Crippen molar-refractivity contribution in [2.24, 2.45) is 0 Å². The van der Waals surface area contributed by atoms with E-state index in [2.05, 4.69) is 11.5 Å². The first-order chi connectivity index (χ1) is 6.38. The van der Waals surface area contributed by atoms with Crippen LogP contribution in [0.25, 0.3) is 0 Å². The molecule has 1 fully saturated rings. The molecule has 74 valence electrons. The molecule has 0 aromatic rings. The number of nitrogens with zero attached hydrogens (tertiary/aromatic N) is 1. The standard InChI is InChI=1S/C11H19NO/c1-2-3-5-8-12-9-6-4-7-11(12)10-13/h2,10-11H,1,3-9H2. The van der Waals surface area contributed by atoms with Gasteiger partial charge in [0.1, 0.15) is 6.29 Å². The van der Waals surface area contributed by atoms with Crippen LogP contribution in [0.2, 0.25) is 0 Å². The number of likely N-dealkylation sites (tertiary alicyclic amines) is 1. The average molecular weight is 181 g/mol. The molecule has 0 radical (unpaired) electrons. The second-order valence-corrected chi connectivity index (χ2v) is 3.67. The molecule has 1 heterocycles. The SMILES string of the molecule is C=CCCCN1CCCCC1C=O. The minimum absolute atomic E-state index is 0.193. The summed E-state index contributed by atoms with van der Waals surface area (Å²) in [5, 5.41) is 0. The van der Waals surface area contributed by atoms with Gasteiger partial charge < -0.3 is 4.79 Å². The highest BCUT2D eigenvalue weighted by molar-refractivity contribution is 5.57. The number of carbonyl (C=O) groups is 1. The van der Waals surface area contributed by atoms with Gasteiger partial charge in [0.25, 0.3) is 0 Å². The first kappa shape index (κ1) is 10.5. The van der Waals surface area contributed by atoms with Gasteiger partial charge in [0.2, 0.25) is 0 Å². The Bertz CT molecular complexity index is 167. The number of allylic oxidation sites excluding steroid dienone is 1. The van der Waals surface area contributed by atoms with E-state index in [-0.39, 0.29) is 6.04 Å². The smallest absolute Gasteiger partial charge is 0.137 e. The molecule has 0 aromatic carbocycles. The Hall–Kier alpha value is -0.630. The first-order valence-corrected chi connectivity index (χ1v) is 5.18. The molecule has 13 heavy (non-hydrogen) atoms. The van der Waals surface area contributed by atoms with E-state index in [1.807, 2.05) is 6.08 Å². The van der Waals surface area contributed by atoms with Gasteiger partial charge in [-0.05, 0) is 38.8 Å². The molecular weight excluding hydrogens is 162 g/mol. The van der Waals surface area contributed by atoms with Crippen molar-refractivity contribution in [3.8, 4) is 0 Å². The van der Waals surface area contributed by atoms with Gasteiger partial charge in [-0.2, -0.15) is 0 Å². The molecule has 0 aliphatic carbocycles. The number of unbranched alkanes of at least 4 members (excludes halogenated alkanes) is 1. The van der Waals surface area contributed by atoms with E-state index in [9.17, 15) is 4.79 Å². The summed E-state index contributed by atoms with van der Waals surface area (Å²) in [5.41, 5.74) is 0. The van der Waals surface area contributed by atoms with Crippen molar-refractivity contribution in [3.05, 3.63) is 12.7 Å². The first-order valence-electron chi connectivity index (χ1n) is 5.18. The van der Waals surface area contributed by atoms with Crippen molar-refractivity contribution in [1.82, 2.24) is 4.90 Å². The third-order valence-electron chi connectivity index (χ3n) is 2.67. The minimum atomic E-state index is 0.193.